The fourth-order valence-corrected chi connectivity index (χ4v) is 6.72. The fourth-order valence-electron chi connectivity index (χ4n) is 6.72. The van der Waals surface area contributed by atoms with Gasteiger partial charge in [-0.2, -0.15) is 0 Å². The monoisotopic (exact) mass is 622 g/mol. The number of carbonyl (C=O) groups is 2. The molecule has 2 rings (SSSR count). The van der Waals surface area contributed by atoms with Gasteiger partial charge in [0.1, 0.15) is 12.2 Å². The second-order valence-electron chi connectivity index (χ2n) is 13.5. The van der Waals surface area contributed by atoms with Gasteiger partial charge in [-0.15, -0.1) is 0 Å². The van der Waals surface area contributed by atoms with Crippen LogP contribution in [-0.2, 0) is 23.8 Å². The van der Waals surface area contributed by atoms with E-state index in [-0.39, 0.29) is 30.3 Å². The summed E-state index contributed by atoms with van der Waals surface area (Å²) in [7, 11) is 0. The summed E-state index contributed by atoms with van der Waals surface area (Å²) in [6.07, 6.45) is 25.7. The van der Waals surface area contributed by atoms with Crippen LogP contribution in [0.4, 0.5) is 0 Å². The molecule has 0 aliphatic carbocycles. The molecule has 0 saturated carbocycles. The van der Waals surface area contributed by atoms with E-state index in [4.69, 9.17) is 14.2 Å². The largest absolute Gasteiger partial charge is 0.460 e. The number of aliphatic hydroxyl groups excluding tert-OH is 2. The lowest BCUT2D eigenvalue weighted by atomic mass is 9.98. The Morgan fingerprint density at radius 3 is 1.89 bits per heavy atom. The number of hydrogen-bond acceptors (Lipinski definition) is 7. The SMILES string of the molecule is CCCCCCCCCCCC[C@@H](O)[C@@H]1CC[C@H]([C@@H](C[C@H](O)CCCCCCCCCCC2=C[C@@H](C)OC2=O)OC(C)=O)O1. The Balaban J connectivity index is 1.52. The van der Waals surface area contributed by atoms with Crippen molar-refractivity contribution >= 4 is 11.9 Å². The van der Waals surface area contributed by atoms with Gasteiger partial charge in [-0.05, 0) is 51.5 Å². The van der Waals surface area contributed by atoms with E-state index in [1.807, 2.05) is 13.0 Å². The molecule has 0 radical (unpaired) electrons. The molecule has 256 valence electrons. The van der Waals surface area contributed by atoms with Gasteiger partial charge in [0.25, 0.3) is 0 Å². The number of cyclic esters (lactones) is 1. The number of aliphatic hydroxyl groups is 2. The second-order valence-corrected chi connectivity index (χ2v) is 13.5. The highest BCUT2D eigenvalue weighted by atomic mass is 16.6. The summed E-state index contributed by atoms with van der Waals surface area (Å²) in [5, 5.41) is 21.5. The van der Waals surface area contributed by atoms with Crippen molar-refractivity contribution in [1.29, 1.82) is 0 Å². The number of unbranched alkanes of at least 4 members (excludes halogenated alkanes) is 16. The van der Waals surface area contributed by atoms with E-state index in [1.165, 1.54) is 77.6 Å². The number of ether oxygens (including phenoxy) is 3. The molecule has 1 saturated heterocycles. The third kappa shape index (κ3) is 17.3. The van der Waals surface area contributed by atoms with Crippen LogP contribution in [0.1, 0.15) is 175 Å². The predicted molar refractivity (Wildman–Crippen MR) is 176 cm³/mol. The Morgan fingerprint density at radius 2 is 1.34 bits per heavy atom. The Morgan fingerprint density at radius 1 is 0.818 bits per heavy atom. The van der Waals surface area contributed by atoms with E-state index >= 15 is 0 Å². The molecule has 0 aromatic carbocycles. The molecule has 0 bridgehead atoms. The molecule has 7 nitrogen and oxygen atoms in total. The zero-order valence-corrected chi connectivity index (χ0v) is 28.4. The Kier molecular flexibility index (Phi) is 21.0. The van der Waals surface area contributed by atoms with Gasteiger partial charge in [0.15, 0.2) is 0 Å². The summed E-state index contributed by atoms with van der Waals surface area (Å²) < 4.78 is 16.9. The summed E-state index contributed by atoms with van der Waals surface area (Å²) in [6.45, 7) is 5.56. The lowest BCUT2D eigenvalue weighted by Gasteiger charge is -2.27. The molecule has 0 unspecified atom stereocenters. The third-order valence-corrected chi connectivity index (χ3v) is 9.33. The summed E-state index contributed by atoms with van der Waals surface area (Å²) in [5.41, 5.74) is 0.837. The summed E-state index contributed by atoms with van der Waals surface area (Å²) in [6, 6.07) is 0. The Labute approximate surface area is 268 Å². The lowest BCUT2D eigenvalue weighted by Crippen LogP contribution is -2.36. The third-order valence-electron chi connectivity index (χ3n) is 9.33. The van der Waals surface area contributed by atoms with Gasteiger partial charge in [-0.3, -0.25) is 4.79 Å². The van der Waals surface area contributed by atoms with E-state index < -0.39 is 18.3 Å². The van der Waals surface area contributed by atoms with Crippen molar-refractivity contribution in [3.8, 4) is 0 Å². The number of rotatable bonds is 27. The van der Waals surface area contributed by atoms with Crippen LogP contribution < -0.4 is 0 Å². The van der Waals surface area contributed by atoms with Gasteiger partial charge in [0, 0.05) is 18.9 Å². The molecule has 0 amide bonds. The second kappa shape index (κ2) is 23.8. The molecule has 44 heavy (non-hydrogen) atoms. The Hall–Kier alpha value is -1.44. The summed E-state index contributed by atoms with van der Waals surface area (Å²) in [4.78, 5) is 23.5. The highest BCUT2D eigenvalue weighted by Gasteiger charge is 2.37. The first kappa shape index (κ1) is 38.7. The van der Waals surface area contributed by atoms with Gasteiger partial charge < -0.3 is 24.4 Å². The number of esters is 2. The molecule has 2 heterocycles. The van der Waals surface area contributed by atoms with Gasteiger partial charge in [-0.1, -0.05) is 116 Å². The van der Waals surface area contributed by atoms with Crippen LogP contribution in [0.2, 0.25) is 0 Å². The highest BCUT2D eigenvalue weighted by molar-refractivity contribution is 5.90. The van der Waals surface area contributed by atoms with Crippen molar-refractivity contribution in [3.63, 3.8) is 0 Å². The number of hydrogen-bond donors (Lipinski definition) is 2. The van der Waals surface area contributed by atoms with Crippen molar-refractivity contribution in [3.05, 3.63) is 11.6 Å². The van der Waals surface area contributed by atoms with Crippen LogP contribution in [0.5, 0.6) is 0 Å². The van der Waals surface area contributed by atoms with Crippen LogP contribution >= 0.6 is 0 Å². The molecule has 2 N–H and O–H groups in total. The smallest absolute Gasteiger partial charge is 0.334 e. The molecule has 2 aliphatic rings. The first-order valence-electron chi connectivity index (χ1n) is 18.4. The summed E-state index contributed by atoms with van der Waals surface area (Å²) in [5.74, 6) is -0.498. The molecule has 0 spiro atoms. The molecule has 2 aliphatic heterocycles. The van der Waals surface area contributed by atoms with E-state index in [0.29, 0.717) is 12.8 Å². The summed E-state index contributed by atoms with van der Waals surface area (Å²) >= 11 is 0. The maximum atomic E-state index is 11.8. The minimum absolute atomic E-state index is 0.0742. The minimum atomic E-state index is -0.530. The average Bonchev–Trinajstić information content (AvgIpc) is 3.60. The van der Waals surface area contributed by atoms with Crippen molar-refractivity contribution in [2.75, 3.05) is 0 Å². The van der Waals surface area contributed by atoms with Gasteiger partial charge in [0.2, 0.25) is 0 Å². The normalized spacial score (nSPS) is 22.1. The van der Waals surface area contributed by atoms with Gasteiger partial charge >= 0.3 is 11.9 Å². The standard InChI is InChI=1S/C37H66O7/c1-4-5-6-7-8-9-10-15-18-21-24-33(40)34-25-26-35(44-34)36(43-30(3)38)28-32(39)23-20-17-14-12-11-13-16-19-22-31-27-29(2)42-37(31)41/h27,29,32-36,39-40H,4-26,28H2,1-3H3/t29-,32-,33-,34+,35-,36-/m1/s1. The zero-order valence-electron chi connectivity index (χ0n) is 28.4. The van der Waals surface area contributed by atoms with E-state index in [9.17, 15) is 19.8 Å². The predicted octanol–water partition coefficient (Wildman–Crippen LogP) is 8.66. The molecule has 6 atom stereocenters. The van der Waals surface area contributed by atoms with Crippen molar-refractivity contribution < 1.29 is 34.0 Å². The molecule has 1 fully saturated rings. The van der Waals surface area contributed by atoms with Crippen LogP contribution in [0.25, 0.3) is 0 Å². The van der Waals surface area contributed by atoms with E-state index in [0.717, 1.165) is 76.2 Å². The maximum absolute atomic E-state index is 11.8. The number of carbonyl (C=O) groups excluding carboxylic acids is 2. The van der Waals surface area contributed by atoms with Crippen LogP contribution in [0, 0.1) is 0 Å². The first-order valence-corrected chi connectivity index (χ1v) is 18.4. The van der Waals surface area contributed by atoms with Gasteiger partial charge in [-0.25, -0.2) is 4.79 Å². The van der Waals surface area contributed by atoms with E-state index in [1.54, 1.807) is 0 Å². The van der Waals surface area contributed by atoms with Crippen LogP contribution in [0.15, 0.2) is 11.6 Å². The zero-order chi connectivity index (χ0) is 32.0. The van der Waals surface area contributed by atoms with Crippen molar-refractivity contribution in [1.82, 2.24) is 0 Å². The lowest BCUT2D eigenvalue weighted by molar-refractivity contribution is -0.159. The molecule has 0 aromatic rings. The molecule has 7 heteroatoms. The highest BCUT2D eigenvalue weighted by Crippen LogP contribution is 2.30. The van der Waals surface area contributed by atoms with Gasteiger partial charge in [0.05, 0.1) is 24.4 Å². The molecular formula is C37H66O7. The molecule has 0 aromatic heterocycles. The topological polar surface area (TPSA) is 102 Å². The maximum Gasteiger partial charge on any atom is 0.334 e. The minimum Gasteiger partial charge on any atom is -0.460 e. The fraction of sp³-hybridized carbons (Fsp3) is 0.892. The Bertz CT molecular complexity index is 797. The van der Waals surface area contributed by atoms with Crippen molar-refractivity contribution in [2.45, 2.75) is 211 Å². The van der Waals surface area contributed by atoms with Crippen LogP contribution in [-0.4, -0.2) is 58.8 Å². The van der Waals surface area contributed by atoms with Crippen LogP contribution in [0.3, 0.4) is 0 Å². The quantitative estimate of drug-likeness (QED) is 0.0698. The first-order chi connectivity index (χ1) is 21.3. The van der Waals surface area contributed by atoms with E-state index in [2.05, 4.69) is 6.92 Å². The average molecular weight is 623 g/mol. The molecular weight excluding hydrogens is 556 g/mol. The van der Waals surface area contributed by atoms with Crippen molar-refractivity contribution in [2.24, 2.45) is 0 Å².